The summed E-state index contributed by atoms with van der Waals surface area (Å²) in [6.45, 7) is 3.43. The lowest BCUT2D eigenvalue weighted by atomic mass is 10.3. The molecule has 0 unspecified atom stereocenters. The van der Waals surface area contributed by atoms with Gasteiger partial charge in [0, 0.05) is 38.8 Å². The summed E-state index contributed by atoms with van der Waals surface area (Å²) in [5.41, 5.74) is 1.55. The molecule has 28 heavy (non-hydrogen) atoms. The van der Waals surface area contributed by atoms with E-state index in [9.17, 15) is 13.2 Å². The monoisotopic (exact) mass is 416 g/mol. The van der Waals surface area contributed by atoms with Crippen molar-refractivity contribution in [3.05, 3.63) is 48.5 Å². The Hall–Kier alpha value is -2.49. The predicted octanol–water partition coefficient (Wildman–Crippen LogP) is 2.77. The third-order valence-corrected chi connectivity index (χ3v) is 7.61. The summed E-state index contributed by atoms with van der Waals surface area (Å²) in [7, 11) is -3.56. The average molecular weight is 417 g/mol. The number of nitrogens with one attached hydrogen (secondary N) is 1. The summed E-state index contributed by atoms with van der Waals surface area (Å²) in [5.74, 6) is -0.193. The van der Waals surface area contributed by atoms with Crippen LogP contribution in [-0.2, 0) is 14.8 Å². The molecule has 1 N–H and O–H groups in total. The molecule has 1 fully saturated rings. The third-order valence-electron chi connectivity index (χ3n) is 4.60. The maximum atomic E-state index is 12.9. The van der Waals surface area contributed by atoms with Crippen LogP contribution in [0.3, 0.4) is 0 Å². The van der Waals surface area contributed by atoms with Gasteiger partial charge in [0.05, 0.1) is 15.1 Å². The van der Waals surface area contributed by atoms with Crippen LogP contribution in [0.5, 0.6) is 0 Å². The largest absolute Gasteiger partial charge is 0.345 e. The van der Waals surface area contributed by atoms with Crippen LogP contribution in [0.25, 0.3) is 10.2 Å². The first kappa shape index (κ1) is 18.9. The lowest BCUT2D eigenvalue weighted by Gasteiger charge is -2.33. The molecule has 0 saturated carbocycles. The Bertz CT molecular complexity index is 1070. The minimum atomic E-state index is -3.56. The van der Waals surface area contributed by atoms with Gasteiger partial charge in [-0.15, -0.1) is 0 Å². The van der Waals surface area contributed by atoms with E-state index in [1.807, 2.05) is 24.3 Å². The Balaban J connectivity index is 1.45. The number of aromatic nitrogens is 1. The van der Waals surface area contributed by atoms with E-state index >= 15 is 0 Å². The maximum absolute atomic E-state index is 12.9. The predicted molar refractivity (Wildman–Crippen MR) is 111 cm³/mol. The number of para-hydroxylation sites is 1. The Labute approximate surface area is 167 Å². The highest BCUT2D eigenvalue weighted by Crippen LogP contribution is 2.30. The molecular weight excluding hydrogens is 396 g/mol. The molecule has 1 saturated heterocycles. The third kappa shape index (κ3) is 3.73. The van der Waals surface area contributed by atoms with Gasteiger partial charge in [0.2, 0.25) is 15.9 Å². The summed E-state index contributed by atoms with van der Waals surface area (Å²) in [6.07, 6.45) is 0. The summed E-state index contributed by atoms with van der Waals surface area (Å²) >= 11 is 1.63. The van der Waals surface area contributed by atoms with Gasteiger partial charge in [0.1, 0.15) is 0 Å². The van der Waals surface area contributed by atoms with Crippen molar-refractivity contribution in [2.45, 2.75) is 11.8 Å². The molecule has 7 nitrogen and oxygen atoms in total. The molecule has 0 aliphatic carbocycles. The summed E-state index contributed by atoms with van der Waals surface area (Å²) in [5, 5.41) is 3.57. The number of thiazole rings is 1. The molecule has 9 heteroatoms. The Kier molecular flexibility index (Phi) is 5.05. The highest BCUT2D eigenvalue weighted by molar-refractivity contribution is 7.89. The van der Waals surface area contributed by atoms with Crippen LogP contribution in [0.4, 0.5) is 10.8 Å². The number of carbonyl (C=O) groups excluding carboxylic acids is 1. The van der Waals surface area contributed by atoms with Gasteiger partial charge in [-0.1, -0.05) is 23.5 Å². The summed E-state index contributed by atoms with van der Waals surface area (Å²) < 4.78 is 28.5. The lowest BCUT2D eigenvalue weighted by molar-refractivity contribution is -0.114. The van der Waals surface area contributed by atoms with Crippen LogP contribution < -0.4 is 10.2 Å². The van der Waals surface area contributed by atoms with Crippen LogP contribution in [0.2, 0.25) is 0 Å². The fourth-order valence-electron chi connectivity index (χ4n) is 3.18. The molecule has 1 aliphatic rings. The number of carbonyl (C=O) groups is 1. The molecule has 2 aromatic carbocycles. The zero-order valence-corrected chi connectivity index (χ0v) is 17.0. The van der Waals surface area contributed by atoms with Crippen molar-refractivity contribution >= 4 is 48.3 Å². The number of sulfonamides is 1. The number of hydrogen-bond donors (Lipinski definition) is 1. The first-order chi connectivity index (χ1) is 13.4. The molecule has 0 spiro atoms. The number of anilines is 2. The van der Waals surface area contributed by atoms with Crippen molar-refractivity contribution in [3.63, 3.8) is 0 Å². The standard InChI is InChI=1S/C19H20N4O3S2/c1-14(24)20-15-6-8-16(9-7-15)28(25,26)23-12-10-22(11-13-23)19-21-17-4-2-3-5-18(17)27-19/h2-9H,10-13H2,1H3,(H,20,24). The molecular formula is C19H20N4O3S2. The minimum Gasteiger partial charge on any atom is -0.345 e. The van der Waals surface area contributed by atoms with Crippen LogP contribution in [-0.4, -0.2) is 49.8 Å². The van der Waals surface area contributed by atoms with E-state index in [-0.39, 0.29) is 10.8 Å². The van der Waals surface area contributed by atoms with Gasteiger partial charge < -0.3 is 10.2 Å². The van der Waals surface area contributed by atoms with Gasteiger partial charge in [-0.25, -0.2) is 13.4 Å². The Morgan fingerprint density at radius 3 is 2.36 bits per heavy atom. The molecule has 146 valence electrons. The molecule has 2 heterocycles. The normalized spacial score (nSPS) is 15.7. The molecule has 1 aromatic heterocycles. The van der Waals surface area contributed by atoms with E-state index in [0.29, 0.717) is 31.9 Å². The van der Waals surface area contributed by atoms with E-state index in [2.05, 4.69) is 15.2 Å². The highest BCUT2D eigenvalue weighted by atomic mass is 32.2. The van der Waals surface area contributed by atoms with Crippen molar-refractivity contribution < 1.29 is 13.2 Å². The Morgan fingerprint density at radius 2 is 1.71 bits per heavy atom. The first-order valence-corrected chi connectivity index (χ1v) is 11.2. The molecule has 1 aliphatic heterocycles. The highest BCUT2D eigenvalue weighted by Gasteiger charge is 2.29. The second kappa shape index (κ2) is 7.50. The number of piperazine rings is 1. The van der Waals surface area contributed by atoms with Gasteiger partial charge in [-0.2, -0.15) is 4.31 Å². The van der Waals surface area contributed by atoms with Crippen LogP contribution in [0.15, 0.2) is 53.4 Å². The number of amides is 1. The van der Waals surface area contributed by atoms with Gasteiger partial charge in [0.25, 0.3) is 0 Å². The van der Waals surface area contributed by atoms with E-state index in [1.54, 1.807) is 23.5 Å². The van der Waals surface area contributed by atoms with Gasteiger partial charge in [0.15, 0.2) is 5.13 Å². The van der Waals surface area contributed by atoms with E-state index in [0.717, 1.165) is 15.3 Å². The zero-order valence-electron chi connectivity index (χ0n) is 15.3. The molecule has 0 radical (unpaired) electrons. The maximum Gasteiger partial charge on any atom is 0.243 e. The fraction of sp³-hybridized carbons (Fsp3) is 0.263. The second-order valence-electron chi connectivity index (χ2n) is 6.56. The molecule has 1 amide bonds. The average Bonchev–Trinajstić information content (AvgIpc) is 3.12. The zero-order chi connectivity index (χ0) is 19.7. The molecule has 0 atom stereocenters. The Morgan fingerprint density at radius 1 is 1.04 bits per heavy atom. The fourth-order valence-corrected chi connectivity index (χ4v) is 5.62. The van der Waals surface area contributed by atoms with Gasteiger partial charge >= 0.3 is 0 Å². The number of fused-ring (bicyclic) bond motifs is 1. The van der Waals surface area contributed by atoms with Crippen molar-refractivity contribution in [3.8, 4) is 0 Å². The van der Waals surface area contributed by atoms with Crippen molar-refractivity contribution in [1.82, 2.24) is 9.29 Å². The number of hydrogen-bond acceptors (Lipinski definition) is 6. The van der Waals surface area contributed by atoms with Crippen LogP contribution in [0.1, 0.15) is 6.92 Å². The molecule has 4 rings (SSSR count). The molecule has 3 aromatic rings. The second-order valence-corrected chi connectivity index (χ2v) is 9.51. The lowest BCUT2D eigenvalue weighted by Crippen LogP contribution is -2.48. The van der Waals surface area contributed by atoms with E-state index in [4.69, 9.17) is 0 Å². The summed E-state index contributed by atoms with van der Waals surface area (Å²) in [6, 6.07) is 14.3. The smallest absolute Gasteiger partial charge is 0.243 e. The van der Waals surface area contributed by atoms with Gasteiger partial charge in [-0.05, 0) is 36.4 Å². The number of nitrogens with zero attached hydrogens (tertiary/aromatic N) is 3. The minimum absolute atomic E-state index is 0.193. The quantitative estimate of drug-likeness (QED) is 0.707. The van der Waals surface area contributed by atoms with E-state index in [1.165, 1.54) is 23.4 Å². The van der Waals surface area contributed by atoms with Gasteiger partial charge in [-0.3, -0.25) is 4.79 Å². The van der Waals surface area contributed by atoms with Crippen molar-refractivity contribution in [2.75, 3.05) is 36.4 Å². The van der Waals surface area contributed by atoms with Crippen LogP contribution in [0, 0.1) is 0 Å². The van der Waals surface area contributed by atoms with Crippen LogP contribution >= 0.6 is 11.3 Å². The van der Waals surface area contributed by atoms with Crippen molar-refractivity contribution in [2.24, 2.45) is 0 Å². The topological polar surface area (TPSA) is 82.6 Å². The SMILES string of the molecule is CC(=O)Nc1ccc(S(=O)(=O)N2CCN(c3nc4ccccc4s3)CC2)cc1. The molecule has 0 bridgehead atoms. The first-order valence-electron chi connectivity index (χ1n) is 8.92. The number of rotatable bonds is 4. The summed E-state index contributed by atoms with van der Waals surface area (Å²) in [4.78, 5) is 18.1. The van der Waals surface area contributed by atoms with Crippen molar-refractivity contribution in [1.29, 1.82) is 0 Å². The van der Waals surface area contributed by atoms with E-state index < -0.39 is 10.0 Å². The number of benzene rings is 2.